The Balaban J connectivity index is 2.43. The summed E-state index contributed by atoms with van der Waals surface area (Å²) in [6, 6.07) is 5.34. The summed E-state index contributed by atoms with van der Waals surface area (Å²) >= 11 is 0. The average molecular weight is 236 g/mol. The number of fused-ring (bicyclic) bond motifs is 1. The van der Waals surface area contributed by atoms with Crippen LogP contribution in [0.3, 0.4) is 0 Å². The highest BCUT2D eigenvalue weighted by Crippen LogP contribution is 2.24. The van der Waals surface area contributed by atoms with Crippen LogP contribution < -0.4 is 10.4 Å². The van der Waals surface area contributed by atoms with Crippen molar-refractivity contribution in [1.82, 2.24) is 0 Å². The van der Waals surface area contributed by atoms with Crippen LogP contribution >= 0.6 is 0 Å². The molecule has 0 atom stereocenters. The maximum atomic E-state index is 13.0. The Morgan fingerprint density at radius 2 is 2.18 bits per heavy atom. The van der Waals surface area contributed by atoms with Gasteiger partial charge in [0, 0.05) is 6.07 Å². The van der Waals surface area contributed by atoms with Crippen molar-refractivity contribution < 1.29 is 13.5 Å². The Labute approximate surface area is 97.8 Å². The molecule has 90 valence electrons. The van der Waals surface area contributed by atoms with Crippen LogP contribution in [-0.4, -0.2) is 6.61 Å². The molecule has 0 saturated heterocycles. The molecule has 2 aromatic rings. The van der Waals surface area contributed by atoms with Gasteiger partial charge in [0.1, 0.15) is 17.1 Å². The maximum absolute atomic E-state index is 13.0. The number of hydrogen-bond acceptors (Lipinski definition) is 3. The highest BCUT2D eigenvalue weighted by molar-refractivity contribution is 5.83. The van der Waals surface area contributed by atoms with Gasteiger partial charge in [-0.2, -0.15) is 0 Å². The molecule has 2 rings (SSSR count). The van der Waals surface area contributed by atoms with Crippen molar-refractivity contribution in [2.45, 2.75) is 19.8 Å². The summed E-state index contributed by atoms with van der Waals surface area (Å²) in [5.74, 6) is 0.0102. The molecule has 0 radical (unpaired) electrons. The second-order valence-corrected chi connectivity index (χ2v) is 3.77. The van der Waals surface area contributed by atoms with E-state index >= 15 is 0 Å². The molecule has 0 fully saturated rings. The predicted molar refractivity (Wildman–Crippen MR) is 62.8 cm³/mol. The fourth-order valence-corrected chi connectivity index (χ4v) is 1.55. The van der Waals surface area contributed by atoms with Gasteiger partial charge in [0.2, 0.25) is 0 Å². The Morgan fingerprint density at radius 1 is 1.35 bits per heavy atom. The second kappa shape index (κ2) is 4.99. The van der Waals surface area contributed by atoms with E-state index in [1.165, 1.54) is 18.2 Å². The van der Waals surface area contributed by atoms with Gasteiger partial charge >= 0.3 is 5.63 Å². The van der Waals surface area contributed by atoms with Gasteiger partial charge in [0.25, 0.3) is 0 Å². The molecule has 0 aliphatic heterocycles. The number of unbranched alkanes of at least 4 members (excludes halogenated alkanes) is 1. The first-order valence-corrected chi connectivity index (χ1v) is 5.57. The van der Waals surface area contributed by atoms with E-state index in [1.807, 2.05) is 0 Å². The summed E-state index contributed by atoms with van der Waals surface area (Å²) in [4.78, 5) is 11.3. The maximum Gasteiger partial charge on any atom is 0.339 e. The molecule has 17 heavy (non-hydrogen) atoms. The third kappa shape index (κ3) is 2.64. The number of hydrogen-bond donors (Lipinski definition) is 0. The lowest BCUT2D eigenvalue weighted by Crippen LogP contribution is -2.03. The van der Waals surface area contributed by atoms with Crippen molar-refractivity contribution in [3.05, 3.63) is 40.5 Å². The molecular formula is C13H13FO3. The monoisotopic (exact) mass is 236 g/mol. The molecule has 4 heteroatoms. The zero-order valence-electron chi connectivity index (χ0n) is 9.53. The van der Waals surface area contributed by atoms with Crippen LogP contribution in [0.25, 0.3) is 11.0 Å². The quantitative estimate of drug-likeness (QED) is 0.604. The van der Waals surface area contributed by atoms with Crippen molar-refractivity contribution in [2.75, 3.05) is 6.61 Å². The van der Waals surface area contributed by atoms with Crippen LogP contribution in [0.1, 0.15) is 19.8 Å². The van der Waals surface area contributed by atoms with E-state index in [1.54, 1.807) is 6.07 Å². The molecule has 3 nitrogen and oxygen atoms in total. The molecule has 1 heterocycles. The zero-order valence-corrected chi connectivity index (χ0v) is 9.53. The summed E-state index contributed by atoms with van der Waals surface area (Å²) in [5.41, 5.74) is -0.321. The molecule has 0 aliphatic rings. The Morgan fingerprint density at radius 3 is 2.94 bits per heavy atom. The number of benzene rings is 1. The smallest absolute Gasteiger partial charge is 0.339 e. The fraction of sp³-hybridized carbons (Fsp3) is 0.308. The van der Waals surface area contributed by atoms with Gasteiger partial charge in [-0.15, -0.1) is 0 Å². The van der Waals surface area contributed by atoms with Gasteiger partial charge in [-0.1, -0.05) is 13.3 Å². The van der Waals surface area contributed by atoms with Crippen molar-refractivity contribution in [3.63, 3.8) is 0 Å². The van der Waals surface area contributed by atoms with Gasteiger partial charge in [0.05, 0.1) is 18.1 Å². The average Bonchev–Trinajstić information content (AvgIpc) is 2.28. The minimum atomic E-state index is -0.533. The summed E-state index contributed by atoms with van der Waals surface area (Å²) < 4.78 is 23.4. The third-order valence-corrected chi connectivity index (χ3v) is 2.42. The van der Waals surface area contributed by atoms with E-state index in [4.69, 9.17) is 9.15 Å². The molecule has 0 N–H and O–H groups in total. The van der Waals surface area contributed by atoms with Gasteiger partial charge in [-0.3, -0.25) is 0 Å². The lowest BCUT2D eigenvalue weighted by Gasteiger charge is -2.07. The van der Waals surface area contributed by atoms with E-state index in [2.05, 4.69) is 6.92 Å². The fourth-order valence-electron chi connectivity index (χ4n) is 1.55. The van der Waals surface area contributed by atoms with E-state index < -0.39 is 11.4 Å². The third-order valence-electron chi connectivity index (χ3n) is 2.42. The summed E-state index contributed by atoms with van der Waals surface area (Å²) in [6.07, 6.45) is 1.91. The first kappa shape index (κ1) is 11.6. The minimum Gasteiger partial charge on any atom is -0.493 e. The lowest BCUT2D eigenvalue weighted by molar-refractivity contribution is 0.310. The van der Waals surface area contributed by atoms with Crippen LogP contribution in [0.15, 0.2) is 33.5 Å². The molecule has 0 bridgehead atoms. The van der Waals surface area contributed by atoms with E-state index in [-0.39, 0.29) is 5.58 Å². The Hall–Kier alpha value is -1.84. The normalized spacial score (nSPS) is 10.7. The SMILES string of the molecule is CCCCOc1cc(=O)oc2cc(F)ccc12. The van der Waals surface area contributed by atoms with Crippen LogP contribution in [0.4, 0.5) is 4.39 Å². The standard InChI is InChI=1S/C13H13FO3/c1-2-3-6-16-11-8-13(15)17-12-7-9(14)4-5-10(11)12/h4-5,7-8H,2-3,6H2,1H3. The summed E-state index contributed by atoms with van der Waals surface area (Å²) in [7, 11) is 0. The van der Waals surface area contributed by atoms with Crippen molar-refractivity contribution in [2.24, 2.45) is 0 Å². The van der Waals surface area contributed by atoms with Crippen LogP contribution in [0, 0.1) is 5.82 Å². The van der Waals surface area contributed by atoms with Gasteiger partial charge in [0.15, 0.2) is 0 Å². The molecule has 0 aliphatic carbocycles. The second-order valence-electron chi connectivity index (χ2n) is 3.77. The zero-order chi connectivity index (χ0) is 12.3. The molecule has 1 aromatic carbocycles. The van der Waals surface area contributed by atoms with Gasteiger partial charge in [-0.25, -0.2) is 9.18 Å². The first-order valence-electron chi connectivity index (χ1n) is 5.57. The predicted octanol–water partition coefficient (Wildman–Crippen LogP) is 3.11. The van der Waals surface area contributed by atoms with E-state index in [0.29, 0.717) is 17.7 Å². The number of halogens is 1. The number of ether oxygens (including phenoxy) is 1. The molecule has 1 aromatic heterocycles. The van der Waals surface area contributed by atoms with E-state index in [0.717, 1.165) is 12.8 Å². The Kier molecular flexibility index (Phi) is 3.42. The van der Waals surface area contributed by atoms with Crippen LogP contribution in [0.2, 0.25) is 0 Å². The molecule has 0 spiro atoms. The lowest BCUT2D eigenvalue weighted by atomic mass is 10.2. The van der Waals surface area contributed by atoms with Crippen molar-refractivity contribution >= 4 is 11.0 Å². The molecule has 0 saturated carbocycles. The summed E-state index contributed by atoms with van der Waals surface area (Å²) in [5, 5.41) is 0.613. The van der Waals surface area contributed by atoms with Crippen LogP contribution in [0.5, 0.6) is 5.75 Å². The molecule has 0 unspecified atom stereocenters. The molecule has 0 amide bonds. The highest BCUT2D eigenvalue weighted by Gasteiger charge is 2.07. The molecular weight excluding hydrogens is 223 g/mol. The van der Waals surface area contributed by atoms with Gasteiger partial charge in [-0.05, 0) is 18.6 Å². The van der Waals surface area contributed by atoms with Crippen molar-refractivity contribution in [1.29, 1.82) is 0 Å². The van der Waals surface area contributed by atoms with Gasteiger partial charge < -0.3 is 9.15 Å². The van der Waals surface area contributed by atoms with Crippen LogP contribution in [-0.2, 0) is 0 Å². The minimum absolute atomic E-state index is 0.212. The topological polar surface area (TPSA) is 39.4 Å². The highest BCUT2D eigenvalue weighted by atomic mass is 19.1. The number of rotatable bonds is 4. The Bertz CT molecular complexity index is 574. The van der Waals surface area contributed by atoms with E-state index in [9.17, 15) is 9.18 Å². The largest absolute Gasteiger partial charge is 0.493 e. The van der Waals surface area contributed by atoms with Crippen molar-refractivity contribution in [3.8, 4) is 5.75 Å². The first-order chi connectivity index (χ1) is 8.20. The summed E-state index contributed by atoms with van der Waals surface area (Å²) in [6.45, 7) is 2.59.